The van der Waals surface area contributed by atoms with Crippen molar-refractivity contribution in [3.63, 3.8) is 0 Å². The van der Waals surface area contributed by atoms with E-state index in [1.165, 1.54) is 0 Å². The minimum absolute atomic E-state index is 0.160. The lowest BCUT2D eigenvalue weighted by Gasteiger charge is -2.37. The monoisotopic (exact) mass is 476 g/mol. The number of nitrogens with one attached hydrogen (secondary N) is 2. The van der Waals surface area contributed by atoms with Crippen LogP contribution < -0.4 is 10.0 Å². The number of fused-ring (bicyclic) bond motifs is 1. The third-order valence-electron chi connectivity index (χ3n) is 6.43. The zero-order valence-electron chi connectivity index (χ0n) is 20.0. The molecule has 2 atom stereocenters. The van der Waals surface area contributed by atoms with Crippen molar-refractivity contribution >= 4 is 40.2 Å². The van der Waals surface area contributed by atoms with Crippen LogP contribution in [-0.4, -0.2) is 40.8 Å². The van der Waals surface area contributed by atoms with Gasteiger partial charge in [0.15, 0.2) is 0 Å². The van der Waals surface area contributed by atoms with Crippen molar-refractivity contribution < 1.29 is 9.59 Å². The summed E-state index contributed by atoms with van der Waals surface area (Å²) in [7, 11) is 0. The van der Waals surface area contributed by atoms with Crippen LogP contribution in [0, 0.1) is 12.8 Å². The molecule has 4 rings (SSSR count). The number of likely N-dealkylation sites (tertiary alicyclic amines) is 1. The third kappa shape index (κ3) is 5.42. The van der Waals surface area contributed by atoms with Crippen molar-refractivity contribution in [2.24, 2.45) is 5.92 Å². The zero-order valence-corrected chi connectivity index (χ0v) is 20.8. The molecule has 2 N–H and O–H groups in total. The lowest BCUT2D eigenvalue weighted by atomic mass is 9.94. The van der Waals surface area contributed by atoms with Crippen LogP contribution in [0.1, 0.15) is 49.2 Å². The van der Waals surface area contributed by atoms with Crippen molar-refractivity contribution in [1.82, 2.24) is 14.6 Å². The SMILES string of the molecule is CCCC(=O)N1CCC(NSc2ccc(NC(=O)c3cccnc3C)c3ccccc23)C(C)C1. The first-order valence-corrected chi connectivity index (χ1v) is 12.7. The van der Waals surface area contributed by atoms with Crippen molar-refractivity contribution in [3.05, 3.63) is 66.0 Å². The minimum Gasteiger partial charge on any atom is -0.342 e. The molecule has 1 saturated heterocycles. The Kier molecular flexibility index (Phi) is 7.85. The quantitative estimate of drug-likeness (QED) is 0.445. The van der Waals surface area contributed by atoms with Crippen LogP contribution in [0.3, 0.4) is 0 Å². The smallest absolute Gasteiger partial charge is 0.257 e. The molecule has 0 saturated carbocycles. The Morgan fingerprint density at radius 3 is 2.65 bits per heavy atom. The van der Waals surface area contributed by atoms with Gasteiger partial charge < -0.3 is 10.2 Å². The van der Waals surface area contributed by atoms with Crippen LogP contribution in [0.4, 0.5) is 5.69 Å². The van der Waals surface area contributed by atoms with E-state index in [0.29, 0.717) is 29.6 Å². The molecule has 1 aliphatic heterocycles. The zero-order chi connectivity index (χ0) is 24.1. The summed E-state index contributed by atoms with van der Waals surface area (Å²) >= 11 is 1.63. The van der Waals surface area contributed by atoms with Gasteiger partial charge in [-0.15, -0.1) is 0 Å². The average Bonchev–Trinajstić information content (AvgIpc) is 2.84. The highest BCUT2D eigenvalue weighted by atomic mass is 32.2. The Morgan fingerprint density at radius 2 is 1.91 bits per heavy atom. The van der Waals surface area contributed by atoms with Crippen LogP contribution in [-0.2, 0) is 4.79 Å². The number of amides is 2. The van der Waals surface area contributed by atoms with Gasteiger partial charge in [0.1, 0.15) is 0 Å². The number of pyridine rings is 1. The minimum atomic E-state index is -0.160. The topological polar surface area (TPSA) is 74.3 Å². The van der Waals surface area contributed by atoms with Crippen molar-refractivity contribution in [1.29, 1.82) is 0 Å². The molecule has 6 nitrogen and oxygen atoms in total. The molecule has 2 amide bonds. The Bertz CT molecular complexity index is 1180. The van der Waals surface area contributed by atoms with Gasteiger partial charge in [0.25, 0.3) is 5.91 Å². The van der Waals surface area contributed by atoms with E-state index < -0.39 is 0 Å². The third-order valence-corrected chi connectivity index (χ3v) is 7.42. The summed E-state index contributed by atoms with van der Waals surface area (Å²) < 4.78 is 3.65. The Morgan fingerprint density at radius 1 is 1.12 bits per heavy atom. The number of hydrogen-bond donors (Lipinski definition) is 2. The highest BCUT2D eigenvalue weighted by Crippen LogP contribution is 2.33. The number of rotatable bonds is 7. The highest BCUT2D eigenvalue weighted by molar-refractivity contribution is 7.97. The molecule has 7 heteroatoms. The molecule has 34 heavy (non-hydrogen) atoms. The molecule has 178 valence electrons. The number of anilines is 1. The van der Waals surface area contributed by atoms with E-state index in [0.717, 1.165) is 47.3 Å². The molecule has 2 unspecified atom stereocenters. The maximum atomic E-state index is 12.9. The Balaban J connectivity index is 1.46. The van der Waals surface area contributed by atoms with Gasteiger partial charge in [0.05, 0.1) is 5.56 Å². The number of aryl methyl sites for hydroxylation is 1. The second kappa shape index (κ2) is 11.0. The summed E-state index contributed by atoms with van der Waals surface area (Å²) in [6.07, 6.45) is 4.16. The van der Waals surface area contributed by atoms with E-state index in [-0.39, 0.29) is 11.8 Å². The van der Waals surface area contributed by atoms with Gasteiger partial charge >= 0.3 is 0 Å². The summed E-state index contributed by atoms with van der Waals surface area (Å²) in [5.41, 5.74) is 2.06. The number of aromatic nitrogens is 1. The molecule has 3 aromatic rings. The normalized spacial score (nSPS) is 18.1. The predicted octanol–water partition coefficient (Wildman–Crippen LogP) is 5.43. The molecule has 0 bridgehead atoms. The van der Waals surface area contributed by atoms with Gasteiger partial charge in [-0.05, 0) is 67.3 Å². The molecule has 1 aromatic heterocycles. The highest BCUT2D eigenvalue weighted by Gasteiger charge is 2.28. The molecular weight excluding hydrogens is 444 g/mol. The average molecular weight is 477 g/mol. The standard InChI is InChI=1S/C27H32N4O2S/c1-4-8-26(32)31-16-14-23(18(2)17-31)30-34-25-13-12-24(21-9-5-6-10-22(21)25)29-27(33)20-11-7-15-28-19(20)3/h5-7,9-13,15,18,23,30H,4,8,14,16-17H2,1-3H3,(H,29,33). The Labute approximate surface area is 205 Å². The maximum Gasteiger partial charge on any atom is 0.257 e. The first kappa shape index (κ1) is 24.2. The van der Waals surface area contributed by atoms with Gasteiger partial charge in [0.2, 0.25) is 5.91 Å². The van der Waals surface area contributed by atoms with Crippen LogP contribution in [0.5, 0.6) is 0 Å². The number of carbonyl (C=O) groups is 2. The Hall–Kier alpha value is -2.90. The van der Waals surface area contributed by atoms with E-state index in [4.69, 9.17) is 0 Å². The van der Waals surface area contributed by atoms with E-state index in [9.17, 15) is 9.59 Å². The fourth-order valence-corrected chi connectivity index (χ4v) is 5.49. The largest absolute Gasteiger partial charge is 0.342 e. The van der Waals surface area contributed by atoms with Gasteiger partial charge in [0, 0.05) is 53.4 Å². The van der Waals surface area contributed by atoms with Crippen LogP contribution in [0.25, 0.3) is 10.8 Å². The molecule has 0 radical (unpaired) electrons. The van der Waals surface area contributed by atoms with Crippen LogP contribution in [0.2, 0.25) is 0 Å². The lowest BCUT2D eigenvalue weighted by Crippen LogP contribution is -2.48. The van der Waals surface area contributed by atoms with E-state index in [1.54, 1.807) is 30.3 Å². The fraction of sp³-hybridized carbons (Fsp3) is 0.370. The lowest BCUT2D eigenvalue weighted by molar-refractivity contribution is -0.133. The van der Waals surface area contributed by atoms with Gasteiger partial charge in [-0.1, -0.05) is 38.1 Å². The first-order chi connectivity index (χ1) is 16.5. The van der Waals surface area contributed by atoms with E-state index >= 15 is 0 Å². The number of nitrogens with zero attached hydrogens (tertiary/aromatic N) is 2. The molecule has 0 aliphatic carbocycles. The van der Waals surface area contributed by atoms with E-state index in [2.05, 4.69) is 34.1 Å². The number of carbonyl (C=O) groups excluding carboxylic acids is 2. The molecule has 1 fully saturated rings. The summed E-state index contributed by atoms with van der Waals surface area (Å²) in [5, 5.41) is 5.15. The number of piperidine rings is 1. The maximum absolute atomic E-state index is 12.9. The molecular formula is C27H32N4O2S. The van der Waals surface area contributed by atoms with Crippen molar-refractivity contribution in [2.45, 2.75) is 51.0 Å². The summed E-state index contributed by atoms with van der Waals surface area (Å²) in [6.45, 7) is 7.70. The van der Waals surface area contributed by atoms with Crippen LogP contribution in [0.15, 0.2) is 59.6 Å². The molecule has 2 aromatic carbocycles. The second-order valence-electron chi connectivity index (χ2n) is 8.93. The van der Waals surface area contributed by atoms with Gasteiger partial charge in [-0.2, -0.15) is 0 Å². The van der Waals surface area contributed by atoms with Crippen molar-refractivity contribution in [2.75, 3.05) is 18.4 Å². The number of benzene rings is 2. The van der Waals surface area contributed by atoms with E-state index in [1.807, 2.05) is 43.0 Å². The number of hydrogen-bond acceptors (Lipinski definition) is 5. The molecule has 2 heterocycles. The second-order valence-corrected chi connectivity index (χ2v) is 9.81. The summed E-state index contributed by atoms with van der Waals surface area (Å²) in [6, 6.07) is 16.0. The van der Waals surface area contributed by atoms with Gasteiger partial charge in [-0.25, -0.2) is 0 Å². The summed E-state index contributed by atoms with van der Waals surface area (Å²) in [4.78, 5) is 32.5. The summed E-state index contributed by atoms with van der Waals surface area (Å²) in [5.74, 6) is 0.493. The first-order valence-electron chi connectivity index (χ1n) is 11.9. The fourth-order valence-electron chi connectivity index (χ4n) is 4.44. The van der Waals surface area contributed by atoms with Gasteiger partial charge in [-0.3, -0.25) is 19.3 Å². The van der Waals surface area contributed by atoms with Crippen molar-refractivity contribution in [3.8, 4) is 0 Å². The van der Waals surface area contributed by atoms with Crippen LogP contribution >= 0.6 is 11.9 Å². The predicted molar refractivity (Wildman–Crippen MR) is 139 cm³/mol. The molecule has 0 spiro atoms. The molecule has 1 aliphatic rings.